The molecule has 0 radical (unpaired) electrons. The fourth-order valence-electron chi connectivity index (χ4n) is 5.05. The second-order valence-corrected chi connectivity index (χ2v) is 10.0. The van der Waals surface area contributed by atoms with Crippen molar-refractivity contribution < 1.29 is 9.53 Å². The molecule has 0 aliphatic heterocycles. The Labute approximate surface area is 189 Å². The summed E-state index contributed by atoms with van der Waals surface area (Å²) in [5.74, 6) is 1.14. The zero-order valence-corrected chi connectivity index (χ0v) is 20.7. The van der Waals surface area contributed by atoms with Crippen molar-refractivity contribution in [3.63, 3.8) is 0 Å². The summed E-state index contributed by atoms with van der Waals surface area (Å²) in [4.78, 5) is 11.5. The van der Waals surface area contributed by atoms with Gasteiger partial charge in [-0.15, -0.1) is 0 Å². The molecule has 0 amide bonds. The van der Waals surface area contributed by atoms with Gasteiger partial charge in [0.25, 0.3) is 0 Å². The Bertz CT molecular complexity index is 362. The molecule has 0 spiro atoms. The zero-order chi connectivity index (χ0) is 21.7. The molecule has 0 N–H and O–H groups in total. The van der Waals surface area contributed by atoms with Gasteiger partial charge in [0.2, 0.25) is 0 Å². The average molecular weight is 423 g/mol. The van der Waals surface area contributed by atoms with Gasteiger partial charge in [-0.3, -0.25) is 0 Å². The molecule has 0 heterocycles. The number of unbranched alkanes of at least 4 members (excludes halogenated alkanes) is 8. The Morgan fingerprint density at radius 2 is 1.30 bits per heavy atom. The Balaban J connectivity index is 2.20. The summed E-state index contributed by atoms with van der Waals surface area (Å²) in [6.45, 7) is 5.51. The summed E-state index contributed by atoms with van der Waals surface area (Å²) in [7, 11) is 0. The first-order chi connectivity index (χ1) is 14.8. The van der Waals surface area contributed by atoms with Gasteiger partial charge >= 0.3 is 0 Å². The molecule has 0 aromatic carbocycles. The van der Waals surface area contributed by atoms with Crippen LogP contribution < -0.4 is 0 Å². The van der Waals surface area contributed by atoms with Crippen LogP contribution in [0.4, 0.5) is 0 Å². The van der Waals surface area contributed by atoms with E-state index >= 15 is 0 Å². The van der Waals surface area contributed by atoms with Gasteiger partial charge in [0.1, 0.15) is 6.29 Å². The minimum Gasteiger partial charge on any atom is -0.378 e. The predicted octanol–water partition coefficient (Wildman–Crippen LogP) is 9.05. The summed E-state index contributed by atoms with van der Waals surface area (Å²) in [5.41, 5.74) is 0. The van der Waals surface area contributed by atoms with Crippen molar-refractivity contribution in [3.05, 3.63) is 0 Å². The third kappa shape index (κ3) is 15.4. The van der Waals surface area contributed by atoms with E-state index in [0.717, 1.165) is 25.4 Å². The van der Waals surface area contributed by atoms with Crippen molar-refractivity contribution in [2.75, 3.05) is 6.61 Å². The molecule has 1 aliphatic carbocycles. The summed E-state index contributed by atoms with van der Waals surface area (Å²) >= 11 is 0. The van der Waals surface area contributed by atoms with Crippen LogP contribution in [0, 0.1) is 11.8 Å². The van der Waals surface area contributed by atoms with E-state index in [1.54, 1.807) is 0 Å². The van der Waals surface area contributed by atoms with Crippen LogP contribution in [0.15, 0.2) is 0 Å². The van der Waals surface area contributed by atoms with Crippen molar-refractivity contribution in [3.8, 4) is 0 Å². The molecule has 178 valence electrons. The van der Waals surface area contributed by atoms with Crippen LogP contribution in [0.2, 0.25) is 0 Å². The number of carbonyl (C=O) groups excluding carboxylic acids is 1. The molecule has 2 atom stereocenters. The number of hydrogen-bond donors (Lipinski definition) is 0. The van der Waals surface area contributed by atoms with Crippen molar-refractivity contribution in [1.29, 1.82) is 0 Å². The van der Waals surface area contributed by atoms with Crippen molar-refractivity contribution in [2.45, 2.75) is 155 Å². The monoisotopic (exact) mass is 422 g/mol. The third-order valence-electron chi connectivity index (χ3n) is 7.20. The van der Waals surface area contributed by atoms with Crippen LogP contribution in [0.3, 0.4) is 0 Å². The number of ether oxygens (including phenoxy) is 1. The summed E-state index contributed by atoms with van der Waals surface area (Å²) in [6, 6.07) is 0. The number of carbonyl (C=O) groups is 1. The topological polar surface area (TPSA) is 26.3 Å². The smallest absolute Gasteiger partial charge is 0.123 e. The molecule has 1 saturated carbocycles. The van der Waals surface area contributed by atoms with Crippen LogP contribution in [0.25, 0.3) is 0 Å². The highest BCUT2D eigenvalue weighted by atomic mass is 16.5. The predicted molar refractivity (Wildman–Crippen MR) is 131 cm³/mol. The van der Waals surface area contributed by atoms with Gasteiger partial charge in [-0.25, -0.2) is 0 Å². The lowest BCUT2D eigenvalue weighted by molar-refractivity contribution is -0.111. The summed E-state index contributed by atoms with van der Waals surface area (Å²) < 4.78 is 6.09. The summed E-state index contributed by atoms with van der Waals surface area (Å²) in [5, 5.41) is 0. The quantitative estimate of drug-likeness (QED) is 0.136. The highest BCUT2D eigenvalue weighted by Crippen LogP contribution is 2.26. The van der Waals surface area contributed by atoms with Gasteiger partial charge in [0, 0.05) is 12.5 Å². The third-order valence-corrected chi connectivity index (χ3v) is 7.20. The van der Waals surface area contributed by atoms with E-state index < -0.39 is 0 Å². The van der Waals surface area contributed by atoms with E-state index in [-0.39, 0.29) is 0 Å². The molecular formula is C28H54O2. The molecular weight excluding hydrogens is 368 g/mol. The highest BCUT2D eigenvalue weighted by molar-refractivity contribution is 5.53. The molecule has 0 bridgehead atoms. The SMILES string of the molecule is CCCCCCC(C=O)CCC(CCCCCC)CCCCCOC1CCCCC1. The molecule has 1 aliphatic rings. The molecule has 0 aromatic rings. The molecule has 0 saturated heterocycles. The van der Waals surface area contributed by atoms with Gasteiger partial charge in [0.15, 0.2) is 0 Å². The minimum absolute atomic E-state index is 0.309. The standard InChI is InChI=1S/C28H54O2/c1-3-5-7-11-17-26(22-23-27(25-29)19-12-8-6-4-2)18-13-10-16-24-30-28-20-14-9-15-21-28/h25-28H,3-24H2,1-2H3. The largest absolute Gasteiger partial charge is 0.378 e. The second-order valence-electron chi connectivity index (χ2n) is 10.0. The minimum atomic E-state index is 0.309. The Hall–Kier alpha value is -0.370. The highest BCUT2D eigenvalue weighted by Gasteiger charge is 2.15. The van der Waals surface area contributed by atoms with E-state index in [2.05, 4.69) is 13.8 Å². The van der Waals surface area contributed by atoms with E-state index in [1.807, 2.05) is 0 Å². The van der Waals surface area contributed by atoms with Crippen LogP contribution in [-0.4, -0.2) is 19.0 Å². The maximum atomic E-state index is 11.5. The number of aldehydes is 1. The van der Waals surface area contributed by atoms with E-state index in [9.17, 15) is 4.79 Å². The van der Waals surface area contributed by atoms with Crippen molar-refractivity contribution in [1.82, 2.24) is 0 Å². The molecule has 2 nitrogen and oxygen atoms in total. The van der Waals surface area contributed by atoms with E-state index in [4.69, 9.17) is 4.74 Å². The lowest BCUT2D eigenvalue weighted by Crippen LogP contribution is -2.17. The van der Waals surface area contributed by atoms with E-state index in [1.165, 1.54) is 128 Å². The van der Waals surface area contributed by atoms with Crippen molar-refractivity contribution >= 4 is 6.29 Å². The lowest BCUT2D eigenvalue weighted by Gasteiger charge is -2.22. The molecule has 0 aromatic heterocycles. The fraction of sp³-hybridized carbons (Fsp3) is 0.964. The molecule has 1 rings (SSSR count). The zero-order valence-electron chi connectivity index (χ0n) is 20.7. The Morgan fingerprint density at radius 3 is 1.90 bits per heavy atom. The van der Waals surface area contributed by atoms with E-state index in [0.29, 0.717) is 12.0 Å². The Kier molecular flexibility index (Phi) is 18.9. The van der Waals surface area contributed by atoms with Crippen molar-refractivity contribution in [2.24, 2.45) is 11.8 Å². The van der Waals surface area contributed by atoms with Gasteiger partial charge in [-0.1, -0.05) is 110 Å². The first-order valence-electron chi connectivity index (χ1n) is 13.9. The van der Waals surface area contributed by atoms with Crippen LogP contribution in [0.5, 0.6) is 0 Å². The molecule has 30 heavy (non-hydrogen) atoms. The summed E-state index contributed by atoms with van der Waals surface area (Å²) in [6.07, 6.45) is 29.2. The maximum absolute atomic E-state index is 11.5. The number of rotatable bonds is 21. The van der Waals surface area contributed by atoms with Crippen LogP contribution in [0.1, 0.15) is 149 Å². The second kappa shape index (κ2) is 20.5. The van der Waals surface area contributed by atoms with Gasteiger partial charge < -0.3 is 9.53 Å². The van der Waals surface area contributed by atoms with Gasteiger partial charge in [-0.2, -0.15) is 0 Å². The van der Waals surface area contributed by atoms with Gasteiger partial charge in [-0.05, 0) is 44.4 Å². The molecule has 1 fully saturated rings. The normalized spacial score (nSPS) is 17.1. The van der Waals surface area contributed by atoms with Crippen LogP contribution in [-0.2, 0) is 9.53 Å². The first kappa shape index (κ1) is 27.7. The fourth-order valence-corrected chi connectivity index (χ4v) is 5.05. The molecule has 2 heteroatoms. The average Bonchev–Trinajstić information content (AvgIpc) is 2.78. The molecule has 2 unspecified atom stereocenters. The Morgan fingerprint density at radius 1 is 0.700 bits per heavy atom. The first-order valence-corrected chi connectivity index (χ1v) is 13.9. The lowest BCUT2D eigenvalue weighted by atomic mass is 9.86. The maximum Gasteiger partial charge on any atom is 0.123 e. The van der Waals surface area contributed by atoms with Gasteiger partial charge in [0.05, 0.1) is 6.10 Å². The van der Waals surface area contributed by atoms with Crippen LogP contribution >= 0.6 is 0 Å². The number of hydrogen-bond acceptors (Lipinski definition) is 2.